The number of ether oxygens (including phenoxy) is 1. The first kappa shape index (κ1) is 13.5. The number of rotatable bonds is 3. The fraction of sp³-hybridized carbons (Fsp3) is 0.714. The van der Waals surface area contributed by atoms with E-state index < -0.39 is 12.0 Å². The van der Waals surface area contributed by atoms with Gasteiger partial charge in [-0.3, -0.25) is 5.41 Å². The van der Waals surface area contributed by atoms with Gasteiger partial charge in [-0.15, -0.1) is 0 Å². The van der Waals surface area contributed by atoms with Crippen molar-refractivity contribution in [3.8, 4) is 0 Å². The van der Waals surface area contributed by atoms with Crippen molar-refractivity contribution in [3.63, 3.8) is 0 Å². The lowest BCUT2D eigenvalue weighted by Crippen LogP contribution is -2.43. The summed E-state index contributed by atoms with van der Waals surface area (Å²) in [6.07, 6.45) is 0. The Hall–Kier alpha value is -1.10. The molecule has 0 aliphatic heterocycles. The van der Waals surface area contributed by atoms with Crippen LogP contribution in [0.25, 0.3) is 0 Å². The van der Waals surface area contributed by atoms with Gasteiger partial charge in [-0.1, -0.05) is 13.8 Å². The highest BCUT2D eigenvalue weighted by atomic mass is 16.5. The Labute approximate surface area is 72.6 Å². The lowest BCUT2D eigenvalue weighted by Gasteiger charge is -2.06. The zero-order valence-electron chi connectivity index (χ0n) is 7.76. The van der Waals surface area contributed by atoms with Gasteiger partial charge in [0.05, 0.1) is 6.61 Å². The lowest BCUT2D eigenvalue weighted by atomic mass is 10.3. The van der Waals surface area contributed by atoms with Crippen molar-refractivity contribution in [2.24, 2.45) is 11.5 Å². The van der Waals surface area contributed by atoms with Crippen LogP contribution in [0.2, 0.25) is 0 Å². The molecule has 0 aliphatic carbocycles. The van der Waals surface area contributed by atoms with Gasteiger partial charge in [0.1, 0.15) is 5.84 Å². The zero-order chi connectivity index (χ0) is 10.1. The van der Waals surface area contributed by atoms with Gasteiger partial charge in [-0.2, -0.15) is 0 Å². The van der Waals surface area contributed by atoms with E-state index in [1.54, 1.807) is 6.92 Å². The Bertz CT molecular complexity index is 148. The van der Waals surface area contributed by atoms with Crippen molar-refractivity contribution in [2.45, 2.75) is 26.8 Å². The molecule has 72 valence electrons. The van der Waals surface area contributed by atoms with E-state index in [2.05, 4.69) is 4.74 Å². The Morgan fingerprint density at radius 2 is 2.00 bits per heavy atom. The maximum Gasteiger partial charge on any atom is 0.330 e. The summed E-state index contributed by atoms with van der Waals surface area (Å²) in [6, 6.07) is -1.11. The highest BCUT2D eigenvalue weighted by molar-refractivity contribution is 6.02. The Morgan fingerprint density at radius 3 is 2.25 bits per heavy atom. The van der Waals surface area contributed by atoms with Crippen LogP contribution < -0.4 is 11.5 Å². The molecular formula is C7H17N3O2. The minimum Gasteiger partial charge on any atom is -0.464 e. The van der Waals surface area contributed by atoms with Gasteiger partial charge >= 0.3 is 5.97 Å². The molecule has 0 rings (SSSR count). The summed E-state index contributed by atoms with van der Waals surface area (Å²) in [5, 5.41) is 6.76. The number of nitrogens with two attached hydrogens (primary N) is 2. The van der Waals surface area contributed by atoms with E-state index in [0.717, 1.165) is 0 Å². The number of amidine groups is 1. The van der Waals surface area contributed by atoms with Crippen LogP contribution in [0.3, 0.4) is 0 Å². The molecule has 5 nitrogen and oxygen atoms in total. The summed E-state index contributed by atoms with van der Waals surface area (Å²) in [7, 11) is 0. The molecule has 0 amide bonds. The SMILES string of the molecule is CC.CCOC(=O)C(N)C(=N)N. The molecule has 0 fully saturated rings. The number of nitrogens with one attached hydrogen (secondary N) is 1. The van der Waals surface area contributed by atoms with E-state index >= 15 is 0 Å². The molecular weight excluding hydrogens is 158 g/mol. The molecule has 0 heterocycles. The monoisotopic (exact) mass is 175 g/mol. The third-order valence-electron chi connectivity index (χ3n) is 0.876. The third kappa shape index (κ3) is 5.67. The number of esters is 1. The van der Waals surface area contributed by atoms with E-state index in [4.69, 9.17) is 16.9 Å². The largest absolute Gasteiger partial charge is 0.464 e. The molecule has 0 bridgehead atoms. The topological polar surface area (TPSA) is 102 Å². The smallest absolute Gasteiger partial charge is 0.330 e. The fourth-order valence-corrected chi connectivity index (χ4v) is 0.359. The molecule has 0 aromatic carbocycles. The van der Waals surface area contributed by atoms with E-state index in [0.29, 0.717) is 0 Å². The number of carbonyl (C=O) groups is 1. The van der Waals surface area contributed by atoms with E-state index in [-0.39, 0.29) is 12.4 Å². The van der Waals surface area contributed by atoms with Crippen LogP contribution in [0.15, 0.2) is 0 Å². The molecule has 0 saturated carbocycles. The van der Waals surface area contributed by atoms with Crippen molar-refractivity contribution in [2.75, 3.05) is 6.61 Å². The predicted octanol–water partition coefficient (Wildman–Crippen LogP) is -0.161. The van der Waals surface area contributed by atoms with Gasteiger partial charge in [0, 0.05) is 0 Å². The van der Waals surface area contributed by atoms with Crippen molar-refractivity contribution >= 4 is 11.8 Å². The van der Waals surface area contributed by atoms with Crippen molar-refractivity contribution in [1.29, 1.82) is 5.41 Å². The first-order valence-electron chi connectivity index (χ1n) is 3.85. The van der Waals surface area contributed by atoms with Gasteiger partial charge in [0.15, 0.2) is 6.04 Å². The minimum atomic E-state index is -1.11. The van der Waals surface area contributed by atoms with Gasteiger partial charge in [-0.05, 0) is 6.92 Å². The zero-order valence-corrected chi connectivity index (χ0v) is 7.76. The number of carbonyl (C=O) groups excluding carboxylic acids is 1. The predicted molar refractivity (Wildman–Crippen MR) is 47.9 cm³/mol. The van der Waals surface area contributed by atoms with Gasteiger partial charge in [0.2, 0.25) is 0 Å². The molecule has 5 heteroatoms. The van der Waals surface area contributed by atoms with Crippen molar-refractivity contribution in [3.05, 3.63) is 0 Å². The molecule has 0 spiro atoms. The van der Waals surface area contributed by atoms with Crippen LogP contribution >= 0.6 is 0 Å². The molecule has 1 unspecified atom stereocenters. The maximum atomic E-state index is 10.6. The summed E-state index contributed by atoms with van der Waals surface area (Å²) in [6.45, 7) is 5.91. The average molecular weight is 175 g/mol. The van der Waals surface area contributed by atoms with Gasteiger partial charge < -0.3 is 16.2 Å². The Kier molecular flexibility index (Phi) is 8.99. The highest BCUT2D eigenvalue weighted by Crippen LogP contribution is 1.83. The first-order chi connectivity index (χ1) is 5.59. The maximum absolute atomic E-state index is 10.6. The molecule has 0 saturated heterocycles. The Balaban J connectivity index is 0. The summed E-state index contributed by atoms with van der Waals surface area (Å²) in [5.41, 5.74) is 10.0. The fourth-order valence-electron chi connectivity index (χ4n) is 0.359. The number of hydrogen-bond acceptors (Lipinski definition) is 4. The van der Waals surface area contributed by atoms with E-state index in [1.807, 2.05) is 13.8 Å². The first-order valence-corrected chi connectivity index (χ1v) is 3.85. The van der Waals surface area contributed by atoms with Crippen molar-refractivity contribution < 1.29 is 9.53 Å². The molecule has 12 heavy (non-hydrogen) atoms. The van der Waals surface area contributed by atoms with Crippen LogP contribution in [0.4, 0.5) is 0 Å². The van der Waals surface area contributed by atoms with E-state index in [9.17, 15) is 4.79 Å². The van der Waals surface area contributed by atoms with Crippen LogP contribution in [-0.4, -0.2) is 24.5 Å². The van der Waals surface area contributed by atoms with Crippen molar-refractivity contribution in [1.82, 2.24) is 0 Å². The molecule has 0 aromatic rings. The second kappa shape index (κ2) is 8.00. The number of hydrogen-bond donors (Lipinski definition) is 3. The summed E-state index contributed by atoms with van der Waals surface area (Å²) in [4.78, 5) is 10.6. The second-order valence-corrected chi connectivity index (χ2v) is 1.69. The normalized spacial score (nSPS) is 10.7. The van der Waals surface area contributed by atoms with E-state index in [1.165, 1.54) is 0 Å². The molecule has 1 atom stereocenters. The molecule has 0 radical (unpaired) electrons. The van der Waals surface area contributed by atoms with Crippen LogP contribution in [-0.2, 0) is 9.53 Å². The molecule has 0 aliphatic rings. The minimum absolute atomic E-state index is 0.250. The third-order valence-corrected chi connectivity index (χ3v) is 0.876. The van der Waals surface area contributed by atoms with Crippen LogP contribution in [0.5, 0.6) is 0 Å². The average Bonchev–Trinajstić information content (AvgIpc) is 2.07. The summed E-state index contributed by atoms with van der Waals surface area (Å²) < 4.78 is 4.48. The lowest BCUT2D eigenvalue weighted by molar-refractivity contribution is -0.142. The highest BCUT2D eigenvalue weighted by Gasteiger charge is 2.16. The van der Waals surface area contributed by atoms with Gasteiger partial charge in [-0.25, -0.2) is 4.79 Å². The van der Waals surface area contributed by atoms with Crippen LogP contribution in [0.1, 0.15) is 20.8 Å². The molecule has 5 N–H and O–H groups in total. The molecule has 0 aromatic heterocycles. The van der Waals surface area contributed by atoms with Crippen LogP contribution in [0, 0.1) is 5.41 Å². The van der Waals surface area contributed by atoms with Gasteiger partial charge in [0.25, 0.3) is 0 Å². The second-order valence-electron chi connectivity index (χ2n) is 1.69. The quantitative estimate of drug-likeness (QED) is 0.315. The summed E-state index contributed by atoms with van der Waals surface area (Å²) in [5.74, 6) is -1.03. The standard InChI is InChI=1S/C5H11N3O2.C2H6/c1-2-10-5(9)3(6)4(7)8;1-2/h3H,2,6H2,1H3,(H3,7,8);1-2H3. The summed E-state index contributed by atoms with van der Waals surface area (Å²) >= 11 is 0. The Morgan fingerprint density at radius 1 is 1.58 bits per heavy atom.